The SMILES string of the molecule is CCN1CCC(CNC)C1.Cl.Cl. The molecule has 76 valence electrons. The average molecular weight is 215 g/mol. The van der Waals surface area contributed by atoms with Crippen molar-refractivity contribution in [2.45, 2.75) is 13.3 Å². The predicted octanol–water partition coefficient (Wildman–Crippen LogP) is 1.39. The molecule has 1 N–H and O–H groups in total. The van der Waals surface area contributed by atoms with Gasteiger partial charge in [0.25, 0.3) is 0 Å². The first-order chi connectivity index (χ1) is 4.86. The lowest BCUT2D eigenvalue weighted by atomic mass is 10.1. The third kappa shape index (κ3) is 4.51. The molecule has 0 aromatic rings. The maximum Gasteiger partial charge on any atom is 0.00222 e. The van der Waals surface area contributed by atoms with E-state index in [0.717, 1.165) is 5.92 Å². The Morgan fingerprint density at radius 2 is 2.08 bits per heavy atom. The van der Waals surface area contributed by atoms with Gasteiger partial charge in [0.2, 0.25) is 0 Å². The smallest absolute Gasteiger partial charge is 0.00222 e. The molecule has 0 aromatic carbocycles. The van der Waals surface area contributed by atoms with Crippen molar-refractivity contribution >= 4 is 24.8 Å². The molecule has 1 atom stereocenters. The van der Waals surface area contributed by atoms with Gasteiger partial charge in [-0.1, -0.05) is 6.92 Å². The lowest BCUT2D eigenvalue weighted by Crippen LogP contribution is -2.24. The Balaban J connectivity index is 0. The third-order valence-electron chi connectivity index (χ3n) is 2.31. The lowest BCUT2D eigenvalue weighted by molar-refractivity contribution is 0.340. The van der Waals surface area contributed by atoms with Crippen LogP contribution in [0.2, 0.25) is 0 Å². The summed E-state index contributed by atoms with van der Waals surface area (Å²) in [6.07, 6.45) is 1.38. The van der Waals surface area contributed by atoms with E-state index in [4.69, 9.17) is 0 Å². The molecule has 12 heavy (non-hydrogen) atoms. The first-order valence-corrected chi connectivity index (χ1v) is 4.23. The van der Waals surface area contributed by atoms with Crippen molar-refractivity contribution in [1.29, 1.82) is 0 Å². The van der Waals surface area contributed by atoms with Gasteiger partial charge in [-0.15, -0.1) is 24.8 Å². The van der Waals surface area contributed by atoms with Gasteiger partial charge in [-0.05, 0) is 39.0 Å². The summed E-state index contributed by atoms with van der Waals surface area (Å²) < 4.78 is 0. The van der Waals surface area contributed by atoms with Crippen LogP contribution in [0.25, 0.3) is 0 Å². The Hall–Kier alpha value is 0.500. The molecule has 0 bridgehead atoms. The van der Waals surface area contributed by atoms with Crippen LogP contribution < -0.4 is 5.32 Å². The minimum absolute atomic E-state index is 0. The molecule has 1 rings (SSSR count). The van der Waals surface area contributed by atoms with Crippen LogP contribution in [0, 0.1) is 5.92 Å². The van der Waals surface area contributed by atoms with E-state index in [-0.39, 0.29) is 24.8 Å². The summed E-state index contributed by atoms with van der Waals surface area (Å²) in [7, 11) is 2.04. The van der Waals surface area contributed by atoms with Crippen LogP contribution in [0.4, 0.5) is 0 Å². The van der Waals surface area contributed by atoms with E-state index in [1.54, 1.807) is 0 Å². The topological polar surface area (TPSA) is 15.3 Å². The van der Waals surface area contributed by atoms with Gasteiger partial charge >= 0.3 is 0 Å². The molecular formula is C8H20Cl2N2. The first-order valence-electron chi connectivity index (χ1n) is 4.23. The molecule has 1 heterocycles. The molecule has 4 heteroatoms. The summed E-state index contributed by atoms with van der Waals surface area (Å²) in [5.41, 5.74) is 0. The van der Waals surface area contributed by atoms with Crippen LogP contribution in [0.1, 0.15) is 13.3 Å². The van der Waals surface area contributed by atoms with Crippen molar-refractivity contribution in [1.82, 2.24) is 10.2 Å². The standard InChI is InChI=1S/C8H18N2.2ClH/c1-3-10-5-4-8(7-10)6-9-2;;/h8-9H,3-7H2,1-2H3;2*1H. The van der Waals surface area contributed by atoms with Crippen LogP contribution >= 0.6 is 24.8 Å². The van der Waals surface area contributed by atoms with E-state index in [2.05, 4.69) is 17.1 Å². The van der Waals surface area contributed by atoms with E-state index >= 15 is 0 Å². The molecule has 1 aliphatic heterocycles. The second-order valence-corrected chi connectivity index (χ2v) is 3.11. The normalized spacial score (nSPS) is 23.0. The molecule has 2 nitrogen and oxygen atoms in total. The highest BCUT2D eigenvalue weighted by Crippen LogP contribution is 2.13. The maximum atomic E-state index is 3.23. The van der Waals surface area contributed by atoms with Gasteiger partial charge in [0.15, 0.2) is 0 Å². The molecule has 1 unspecified atom stereocenters. The minimum Gasteiger partial charge on any atom is -0.319 e. The van der Waals surface area contributed by atoms with Gasteiger partial charge in [-0.25, -0.2) is 0 Å². The molecule has 1 aliphatic rings. The molecule has 0 saturated carbocycles. The monoisotopic (exact) mass is 214 g/mol. The van der Waals surface area contributed by atoms with E-state index in [9.17, 15) is 0 Å². The molecular weight excluding hydrogens is 195 g/mol. The van der Waals surface area contributed by atoms with Crippen LogP contribution in [0.5, 0.6) is 0 Å². The molecule has 1 saturated heterocycles. The summed E-state index contributed by atoms with van der Waals surface area (Å²) in [5.74, 6) is 0.907. The molecule has 1 fully saturated rings. The van der Waals surface area contributed by atoms with Crippen molar-refractivity contribution in [2.24, 2.45) is 5.92 Å². The first kappa shape index (κ1) is 15.0. The zero-order valence-electron chi connectivity index (χ0n) is 7.88. The highest BCUT2D eigenvalue weighted by molar-refractivity contribution is 5.85. The van der Waals surface area contributed by atoms with Gasteiger partial charge in [0.1, 0.15) is 0 Å². The highest BCUT2D eigenvalue weighted by Gasteiger charge is 2.19. The Bertz CT molecular complexity index is 101. The number of nitrogens with one attached hydrogen (secondary N) is 1. The number of nitrogens with zero attached hydrogens (tertiary/aromatic N) is 1. The number of rotatable bonds is 3. The Morgan fingerprint density at radius 3 is 2.50 bits per heavy atom. The van der Waals surface area contributed by atoms with Crippen molar-refractivity contribution in [2.75, 3.05) is 33.2 Å². The Kier molecular flexibility index (Phi) is 10.1. The average Bonchev–Trinajstić information content (AvgIpc) is 2.37. The van der Waals surface area contributed by atoms with Gasteiger partial charge < -0.3 is 10.2 Å². The fourth-order valence-electron chi connectivity index (χ4n) is 1.66. The Morgan fingerprint density at radius 1 is 1.42 bits per heavy atom. The summed E-state index contributed by atoms with van der Waals surface area (Å²) in [4.78, 5) is 2.52. The van der Waals surface area contributed by atoms with E-state index in [0.29, 0.717) is 0 Å². The maximum absolute atomic E-state index is 3.23. The van der Waals surface area contributed by atoms with Crippen molar-refractivity contribution < 1.29 is 0 Å². The minimum atomic E-state index is 0. The highest BCUT2D eigenvalue weighted by atomic mass is 35.5. The van der Waals surface area contributed by atoms with Crippen molar-refractivity contribution in [3.05, 3.63) is 0 Å². The second kappa shape index (κ2) is 8.11. The van der Waals surface area contributed by atoms with E-state index in [1.807, 2.05) is 7.05 Å². The number of likely N-dealkylation sites (tertiary alicyclic amines) is 1. The third-order valence-corrected chi connectivity index (χ3v) is 2.31. The van der Waals surface area contributed by atoms with E-state index in [1.165, 1.54) is 32.6 Å². The molecule has 0 amide bonds. The molecule has 0 spiro atoms. The van der Waals surface area contributed by atoms with Crippen LogP contribution in [-0.4, -0.2) is 38.1 Å². The zero-order chi connectivity index (χ0) is 7.40. The summed E-state index contributed by atoms with van der Waals surface area (Å²) in [6.45, 7) is 7.26. The second-order valence-electron chi connectivity index (χ2n) is 3.11. The predicted molar refractivity (Wildman–Crippen MR) is 58.6 cm³/mol. The van der Waals surface area contributed by atoms with E-state index < -0.39 is 0 Å². The largest absolute Gasteiger partial charge is 0.319 e. The fraction of sp³-hybridized carbons (Fsp3) is 1.00. The van der Waals surface area contributed by atoms with Crippen LogP contribution in [0.15, 0.2) is 0 Å². The summed E-state index contributed by atoms with van der Waals surface area (Å²) in [5, 5.41) is 3.23. The van der Waals surface area contributed by atoms with Gasteiger partial charge in [-0.3, -0.25) is 0 Å². The number of hydrogen-bond acceptors (Lipinski definition) is 2. The van der Waals surface area contributed by atoms with Crippen molar-refractivity contribution in [3.63, 3.8) is 0 Å². The lowest BCUT2D eigenvalue weighted by Gasteiger charge is -2.12. The Labute approximate surface area is 87.9 Å². The number of hydrogen-bond donors (Lipinski definition) is 1. The van der Waals surface area contributed by atoms with Crippen LogP contribution in [0.3, 0.4) is 0 Å². The molecule has 0 radical (unpaired) electrons. The summed E-state index contributed by atoms with van der Waals surface area (Å²) in [6, 6.07) is 0. The summed E-state index contributed by atoms with van der Waals surface area (Å²) >= 11 is 0. The van der Waals surface area contributed by atoms with Gasteiger partial charge in [0, 0.05) is 6.54 Å². The van der Waals surface area contributed by atoms with Gasteiger partial charge in [-0.2, -0.15) is 0 Å². The number of halogens is 2. The van der Waals surface area contributed by atoms with Crippen LogP contribution in [-0.2, 0) is 0 Å². The fourth-order valence-corrected chi connectivity index (χ4v) is 1.66. The molecule has 0 aliphatic carbocycles. The van der Waals surface area contributed by atoms with Gasteiger partial charge in [0.05, 0.1) is 0 Å². The molecule has 0 aromatic heterocycles. The quantitative estimate of drug-likeness (QED) is 0.765. The zero-order valence-corrected chi connectivity index (χ0v) is 9.51. The van der Waals surface area contributed by atoms with Crippen molar-refractivity contribution in [3.8, 4) is 0 Å².